The van der Waals surface area contributed by atoms with Gasteiger partial charge in [-0.3, -0.25) is 14.9 Å². The van der Waals surface area contributed by atoms with E-state index in [1.54, 1.807) is 12.4 Å². The smallest absolute Gasteiger partial charge is 0.303 e. The van der Waals surface area contributed by atoms with E-state index in [0.717, 1.165) is 22.5 Å². The number of hydrogen-bond acceptors (Lipinski definition) is 3. The molecule has 0 aliphatic rings. The van der Waals surface area contributed by atoms with Gasteiger partial charge in [-0.1, -0.05) is 6.07 Å². The summed E-state index contributed by atoms with van der Waals surface area (Å²) in [6.45, 7) is 1.92. The topological polar surface area (TPSA) is 78.9 Å². The summed E-state index contributed by atoms with van der Waals surface area (Å²) in [5, 5.41) is 15.7. The standard InChI is InChI=1S/C12H13N3O2/c1-8-12(9-3-2-6-13-7-9)10(15-14-8)4-5-11(16)17/h2-3,6-7H,4-5H2,1H3,(H,14,15)(H,16,17). The highest BCUT2D eigenvalue weighted by Gasteiger charge is 2.13. The molecular weight excluding hydrogens is 218 g/mol. The van der Waals surface area contributed by atoms with Crippen molar-refractivity contribution in [1.82, 2.24) is 15.2 Å². The van der Waals surface area contributed by atoms with Gasteiger partial charge in [-0.2, -0.15) is 5.10 Å². The largest absolute Gasteiger partial charge is 0.481 e. The van der Waals surface area contributed by atoms with Gasteiger partial charge in [0, 0.05) is 35.6 Å². The van der Waals surface area contributed by atoms with Crippen LogP contribution in [0.5, 0.6) is 0 Å². The number of H-pyrrole nitrogens is 1. The molecule has 2 heterocycles. The zero-order chi connectivity index (χ0) is 12.3. The lowest BCUT2D eigenvalue weighted by Gasteiger charge is -2.02. The van der Waals surface area contributed by atoms with Crippen LogP contribution in [0.25, 0.3) is 11.1 Å². The fraction of sp³-hybridized carbons (Fsp3) is 0.250. The molecule has 0 fully saturated rings. The van der Waals surface area contributed by atoms with Crippen molar-refractivity contribution in [3.05, 3.63) is 35.9 Å². The number of hydrogen-bond donors (Lipinski definition) is 2. The van der Waals surface area contributed by atoms with Gasteiger partial charge in [0.1, 0.15) is 0 Å². The van der Waals surface area contributed by atoms with Gasteiger partial charge in [0.2, 0.25) is 0 Å². The van der Waals surface area contributed by atoms with Crippen molar-refractivity contribution >= 4 is 5.97 Å². The molecule has 5 nitrogen and oxygen atoms in total. The van der Waals surface area contributed by atoms with Crippen molar-refractivity contribution in [1.29, 1.82) is 0 Å². The first kappa shape index (κ1) is 11.3. The van der Waals surface area contributed by atoms with Crippen molar-refractivity contribution in [2.45, 2.75) is 19.8 Å². The lowest BCUT2D eigenvalue weighted by molar-refractivity contribution is -0.136. The number of carbonyl (C=O) groups is 1. The molecule has 17 heavy (non-hydrogen) atoms. The Balaban J connectivity index is 2.33. The molecule has 2 rings (SSSR count). The van der Waals surface area contributed by atoms with Crippen molar-refractivity contribution in [3.8, 4) is 11.1 Å². The van der Waals surface area contributed by atoms with Crippen molar-refractivity contribution in [2.75, 3.05) is 0 Å². The summed E-state index contributed by atoms with van der Waals surface area (Å²) in [5.41, 5.74) is 3.62. The number of nitrogens with one attached hydrogen (secondary N) is 1. The van der Waals surface area contributed by atoms with Gasteiger partial charge in [0.25, 0.3) is 0 Å². The summed E-state index contributed by atoms with van der Waals surface area (Å²) in [4.78, 5) is 14.6. The molecule has 88 valence electrons. The van der Waals surface area contributed by atoms with Crippen LogP contribution in [0.4, 0.5) is 0 Å². The summed E-state index contributed by atoms with van der Waals surface area (Å²) < 4.78 is 0. The zero-order valence-corrected chi connectivity index (χ0v) is 9.47. The first-order valence-electron chi connectivity index (χ1n) is 5.34. The predicted molar refractivity (Wildman–Crippen MR) is 62.5 cm³/mol. The van der Waals surface area contributed by atoms with Crippen molar-refractivity contribution in [2.24, 2.45) is 0 Å². The molecule has 0 unspecified atom stereocenters. The summed E-state index contributed by atoms with van der Waals surface area (Å²) in [7, 11) is 0. The van der Waals surface area contributed by atoms with E-state index in [9.17, 15) is 4.79 Å². The maximum absolute atomic E-state index is 10.6. The third-order valence-electron chi connectivity index (χ3n) is 2.55. The van der Waals surface area contributed by atoms with Gasteiger partial charge in [-0.15, -0.1) is 0 Å². The molecule has 0 radical (unpaired) electrons. The van der Waals surface area contributed by atoms with E-state index in [-0.39, 0.29) is 6.42 Å². The summed E-state index contributed by atoms with van der Waals surface area (Å²) in [6.07, 6.45) is 3.96. The molecule has 0 saturated carbocycles. The molecule has 2 aromatic rings. The van der Waals surface area contributed by atoms with Gasteiger partial charge < -0.3 is 5.11 Å². The molecule has 0 bridgehead atoms. The second kappa shape index (κ2) is 4.78. The average Bonchev–Trinajstić information content (AvgIpc) is 2.69. The van der Waals surface area contributed by atoms with E-state index >= 15 is 0 Å². The van der Waals surface area contributed by atoms with Crippen LogP contribution in [0.15, 0.2) is 24.5 Å². The van der Waals surface area contributed by atoms with E-state index < -0.39 is 5.97 Å². The van der Waals surface area contributed by atoms with E-state index in [1.165, 1.54) is 0 Å². The molecule has 0 spiro atoms. The van der Waals surface area contributed by atoms with Crippen molar-refractivity contribution < 1.29 is 9.90 Å². The Kier molecular flexibility index (Phi) is 3.18. The molecule has 0 aromatic carbocycles. The fourth-order valence-corrected chi connectivity index (χ4v) is 1.78. The Hall–Kier alpha value is -2.17. The summed E-state index contributed by atoms with van der Waals surface area (Å²) >= 11 is 0. The highest BCUT2D eigenvalue weighted by atomic mass is 16.4. The van der Waals surface area contributed by atoms with Gasteiger partial charge in [-0.05, 0) is 13.0 Å². The fourth-order valence-electron chi connectivity index (χ4n) is 1.78. The van der Waals surface area contributed by atoms with Gasteiger partial charge in [0.15, 0.2) is 0 Å². The third-order valence-corrected chi connectivity index (χ3v) is 2.55. The number of aromatic nitrogens is 3. The Morgan fingerprint density at radius 1 is 1.53 bits per heavy atom. The normalized spacial score (nSPS) is 10.4. The highest BCUT2D eigenvalue weighted by molar-refractivity contribution is 5.70. The van der Waals surface area contributed by atoms with E-state index in [4.69, 9.17) is 5.11 Å². The Morgan fingerprint density at radius 3 is 3.00 bits per heavy atom. The Morgan fingerprint density at radius 2 is 2.35 bits per heavy atom. The number of nitrogens with zero attached hydrogens (tertiary/aromatic N) is 2. The number of carboxylic acid groups (broad SMARTS) is 1. The van der Waals surface area contributed by atoms with E-state index in [2.05, 4.69) is 15.2 Å². The van der Waals surface area contributed by atoms with Gasteiger partial charge in [0.05, 0.1) is 12.1 Å². The number of carboxylic acids is 1. The van der Waals surface area contributed by atoms with Crippen LogP contribution < -0.4 is 0 Å². The number of pyridine rings is 1. The minimum Gasteiger partial charge on any atom is -0.481 e. The van der Waals surface area contributed by atoms with E-state index in [1.807, 2.05) is 19.1 Å². The molecule has 0 saturated heterocycles. The molecular formula is C12H13N3O2. The van der Waals surface area contributed by atoms with Crippen LogP contribution in [0.3, 0.4) is 0 Å². The molecule has 0 atom stereocenters. The Labute approximate surface area is 98.5 Å². The molecule has 0 aliphatic heterocycles. The zero-order valence-electron chi connectivity index (χ0n) is 9.47. The van der Waals surface area contributed by atoms with E-state index in [0.29, 0.717) is 6.42 Å². The van der Waals surface area contributed by atoms with Crippen LogP contribution in [0, 0.1) is 6.92 Å². The number of aliphatic carboxylic acids is 1. The quantitative estimate of drug-likeness (QED) is 0.840. The number of aryl methyl sites for hydroxylation is 2. The second-order valence-corrected chi connectivity index (χ2v) is 3.81. The number of aromatic amines is 1. The van der Waals surface area contributed by atoms with Crippen LogP contribution in [0.2, 0.25) is 0 Å². The molecule has 5 heteroatoms. The van der Waals surface area contributed by atoms with Crippen LogP contribution >= 0.6 is 0 Å². The lowest BCUT2D eigenvalue weighted by atomic mass is 10.0. The molecule has 2 aromatic heterocycles. The van der Waals surface area contributed by atoms with Gasteiger partial charge in [-0.25, -0.2) is 0 Å². The molecule has 0 amide bonds. The van der Waals surface area contributed by atoms with Crippen LogP contribution in [-0.2, 0) is 11.2 Å². The van der Waals surface area contributed by atoms with Crippen LogP contribution in [0.1, 0.15) is 17.8 Å². The monoisotopic (exact) mass is 231 g/mol. The highest BCUT2D eigenvalue weighted by Crippen LogP contribution is 2.25. The van der Waals surface area contributed by atoms with Gasteiger partial charge >= 0.3 is 5.97 Å². The van der Waals surface area contributed by atoms with Crippen LogP contribution in [-0.4, -0.2) is 26.3 Å². The maximum Gasteiger partial charge on any atom is 0.303 e. The predicted octanol–water partition coefficient (Wildman–Crippen LogP) is 1.80. The van der Waals surface area contributed by atoms with Crippen molar-refractivity contribution in [3.63, 3.8) is 0 Å². The maximum atomic E-state index is 10.6. The average molecular weight is 231 g/mol. The SMILES string of the molecule is Cc1[nH]nc(CCC(=O)O)c1-c1cccnc1. The molecule has 2 N–H and O–H groups in total. The minimum absolute atomic E-state index is 0.0809. The molecule has 0 aliphatic carbocycles. The second-order valence-electron chi connectivity index (χ2n) is 3.81. The third kappa shape index (κ3) is 2.50. The Bertz CT molecular complexity index is 520. The lowest BCUT2D eigenvalue weighted by Crippen LogP contribution is -1.99. The summed E-state index contributed by atoms with van der Waals surface area (Å²) in [5.74, 6) is -0.817. The summed E-state index contributed by atoms with van der Waals surface area (Å²) in [6, 6.07) is 3.79. The number of rotatable bonds is 4. The minimum atomic E-state index is -0.817. The first-order chi connectivity index (χ1) is 8.18. The first-order valence-corrected chi connectivity index (χ1v) is 5.34.